The van der Waals surface area contributed by atoms with Crippen LogP contribution >= 0.6 is 23.4 Å². The number of hydrogen-bond donors (Lipinski definition) is 1. The Hall–Kier alpha value is -0.740. The van der Waals surface area contributed by atoms with Crippen LogP contribution in [0.25, 0.3) is 0 Å². The highest BCUT2D eigenvalue weighted by atomic mass is 35.5. The summed E-state index contributed by atoms with van der Waals surface area (Å²) in [5.41, 5.74) is 0.369. The summed E-state index contributed by atoms with van der Waals surface area (Å²) >= 11 is 7.02. The van der Waals surface area contributed by atoms with Crippen LogP contribution in [-0.2, 0) is 10.5 Å². The van der Waals surface area contributed by atoms with Crippen molar-refractivity contribution in [3.05, 3.63) is 34.6 Å². The van der Waals surface area contributed by atoms with Crippen molar-refractivity contribution in [2.24, 2.45) is 0 Å². The van der Waals surface area contributed by atoms with E-state index >= 15 is 0 Å². The van der Waals surface area contributed by atoms with Gasteiger partial charge in [-0.1, -0.05) is 24.6 Å². The first-order valence-electron chi connectivity index (χ1n) is 4.83. The number of thioether (sulfide) groups is 1. The Bertz CT molecular complexity index is 364. The van der Waals surface area contributed by atoms with Gasteiger partial charge in [-0.25, -0.2) is 4.39 Å². The van der Waals surface area contributed by atoms with Crippen molar-refractivity contribution >= 4 is 29.3 Å². The lowest BCUT2D eigenvalue weighted by Gasteiger charge is -2.10. The van der Waals surface area contributed by atoms with Gasteiger partial charge in [0.05, 0.1) is 0 Å². The van der Waals surface area contributed by atoms with Crippen LogP contribution in [0.15, 0.2) is 18.2 Å². The molecule has 0 heterocycles. The maximum atomic E-state index is 13.4. The number of carboxylic acids is 1. The molecule has 0 fully saturated rings. The molecule has 0 saturated heterocycles. The van der Waals surface area contributed by atoms with Crippen LogP contribution in [0.1, 0.15) is 18.9 Å². The number of aliphatic carboxylic acids is 1. The second kappa shape index (κ2) is 6.11. The molecule has 0 radical (unpaired) electrons. The standard InChI is InChI=1S/C11H12ClFO2S/c1-2-10(11(14)15)16-6-7-8(12)4-3-5-9(7)13/h3-5,10H,2,6H2,1H3,(H,14,15). The molecule has 0 saturated carbocycles. The van der Waals surface area contributed by atoms with Crippen molar-refractivity contribution in [1.29, 1.82) is 0 Å². The van der Waals surface area contributed by atoms with Crippen molar-refractivity contribution < 1.29 is 14.3 Å². The lowest BCUT2D eigenvalue weighted by molar-refractivity contribution is -0.136. The summed E-state index contributed by atoms with van der Waals surface area (Å²) in [6.45, 7) is 1.79. The first kappa shape index (κ1) is 13.3. The number of halogens is 2. The fraction of sp³-hybridized carbons (Fsp3) is 0.364. The molecule has 88 valence electrons. The van der Waals surface area contributed by atoms with E-state index < -0.39 is 11.2 Å². The van der Waals surface area contributed by atoms with E-state index in [0.29, 0.717) is 17.0 Å². The average molecular weight is 263 g/mol. The van der Waals surface area contributed by atoms with E-state index in [-0.39, 0.29) is 11.6 Å². The Morgan fingerprint density at radius 1 is 1.62 bits per heavy atom. The van der Waals surface area contributed by atoms with Gasteiger partial charge in [0.2, 0.25) is 0 Å². The minimum Gasteiger partial charge on any atom is -0.480 e. The monoisotopic (exact) mass is 262 g/mol. The van der Waals surface area contributed by atoms with Crippen LogP contribution in [0.5, 0.6) is 0 Å². The maximum Gasteiger partial charge on any atom is 0.316 e. The minimum absolute atomic E-state index is 0.274. The smallest absolute Gasteiger partial charge is 0.316 e. The van der Waals surface area contributed by atoms with Crippen LogP contribution in [0.2, 0.25) is 5.02 Å². The van der Waals surface area contributed by atoms with Gasteiger partial charge in [-0.3, -0.25) is 4.79 Å². The molecule has 1 aromatic rings. The topological polar surface area (TPSA) is 37.3 Å². The molecule has 0 bridgehead atoms. The minimum atomic E-state index is -0.875. The Morgan fingerprint density at radius 2 is 2.31 bits per heavy atom. The van der Waals surface area contributed by atoms with E-state index in [0.717, 1.165) is 0 Å². The van der Waals surface area contributed by atoms with E-state index in [1.165, 1.54) is 23.9 Å². The summed E-state index contributed by atoms with van der Waals surface area (Å²) in [5.74, 6) is -0.990. The predicted octanol–water partition coefficient (Wildman–Crippen LogP) is 3.58. The van der Waals surface area contributed by atoms with Gasteiger partial charge in [-0.2, -0.15) is 0 Å². The molecule has 0 amide bonds. The van der Waals surface area contributed by atoms with E-state index in [2.05, 4.69) is 0 Å². The van der Waals surface area contributed by atoms with E-state index in [4.69, 9.17) is 16.7 Å². The summed E-state index contributed by atoms with van der Waals surface area (Å²) in [6.07, 6.45) is 0.506. The number of benzene rings is 1. The van der Waals surface area contributed by atoms with Crippen LogP contribution in [0.3, 0.4) is 0 Å². The van der Waals surface area contributed by atoms with Crippen molar-refractivity contribution in [3.63, 3.8) is 0 Å². The Labute approximate surface area is 103 Å². The van der Waals surface area contributed by atoms with E-state index in [9.17, 15) is 9.18 Å². The van der Waals surface area contributed by atoms with Crippen molar-refractivity contribution in [2.75, 3.05) is 0 Å². The van der Waals surface area contributed by atoms with Gasteiger partial charge in [0.25, 0.3) is 0 Å². The molecule has 1 rings (SSSR count). The lowest BCUT2D eigenvalue weighted by atomic mass is 10.2. The number of carbonyl (C=O) groups is 1. The SMILES string of the molecule is CCC(SCc1c(F)cccc1Cl)C(=O)O. The molecule has 1 unspecified atom stereocenters. The van der Waals surface area contributed by atoms with Crippen molar-refractivity contribution in [2.45, 2.75) is 24.3 Å². The zero-order valence-electron chi connectivity index (χ0n) is 8.74. The van der Waals surface area contributed by atoms with Gasteiger partial charge in [0.15, 0.2) is 0 Å². The molecule has 5 heteroatoms. The third-order valence-corrected chi connectivity index (χ3v) is 3.88. The van der Waals surface area contributed by atoms with Crippen molar-refractivity contribution in [1.82, 2.24) is 0 Å². The molecule has 0 spiro atoms. The summed E-state index contributed by atoms with van der Waals surface area (Å²) in [7, 11) is 0. The third-order valence-electron chi connectivity index (χ3n) is 2.14. The lowest BCUT2D eigenvalue weighted by Crippen LogP contribution is -2.15. The van der Waals surface area contributed by atoms with Crippen LogP contribution < -0.4 is 0 Å². The fourth-order valence-electron chi connectivity index (χ4n) is 1.22. The quantitative estimate of drug-likeness (QED) is 0.881. The summed E-state index contributed by atoms with van der Waals surface area (Å²) in [6, 6.07) is 4.45. The largest absolute Gasteiger partial charge is 0.480 e. The molecule has 1 atom stereocenters. The normalized spacial score (nSPS) is 12.4. The molecule has 1 N–H and O–H groups in total. The number of hydrogen-bond acceptors (Lipinski definition) is 2. The number of carboxylic acid groups (broad SMARTS) is 1. The highest BCUT2D eigenvalue weighted by Gasteiger charge is 2.17. The fourth-order valence-corrected chi connectivity index (χ4v) is 2.57. The average Bonchev–Trinajstić information content (AvgIpc) is 2.22. The van der Waals surface area contributed by atoms with Gasteiger partial charge in [0.1, 0.15) is 11.1 Å². The first-order valence-corrected chi connectivity index (χ1v) is 6.26. The number of rotatable bonds is 5. The Morgan fingerprint density at radius 3 is 2.81 bits per heavy atom. The molecular formula is C11H12ClFO2S. The molecule has 0 aliphatic rings. The van der Waals surface area contributed by atoms with Gasteiger partial charge < -0.3 is 5.11 Å². The summed E-state index contributed by atoms with van der Waals surface area (Å²) in [4.78, 5) is 10.8. The highest BCUT2D eigenvalue weighted by Crippen LogP contribution is 2.27. The van der Waals surface area contributed by atoms with Crippen molar-refractivity contribution in [3.8, 4) is 0 Å². The van der Waals surface area contributed by atoms with Gasteiger partial charge >= 0.3 is 5.97 Å². The van der Waals surface area contributed by atoms with Gasteiger partial charge in [0, 0.05) is 16.3 Å². The molecule has 2 nitrogen and oxygen atoms in total. The molecular weight excluding hydrogens is 251 g/mol. The Kier molecular flexibility index (Phi) is 5.09. The molecule has 0 aliphatic carbocycles. The second-order valence-corrected chi connectivity index (χ2v) is 4.84. The van der Waals surface area contributed by atoms with E-state index in [1.54, 1.807) is 13.0 Å². The first-order chi connectivity index (χ1) is 7.56. The Balaban J connectivity index is 2.70. The molecule has 1 aromatic carbocycles. The molecule has 0 aliphatic heterocycles. The van der Waals surface area contributed by atoms with E-state index in [1.807, 2.05) is 0 Å². The summed E-state index contributed by atoms with van der Waals surface area (Å²) in [5, 5.41) is 8.66. The van der Waals surface area contributed by atoms with Crippen LogP contribution in [0, 0.1) is 5.82 Å². The second-order valence-electron chi connectivity index (χ2n) is 3.25. The third kappa shape index (κ3) is 3.39. The highest BCUT2D eigenvalue weighted by molar-refractivity contribution is 7.99. The maximum absolute atomic E-state index is 13.4. The van der Waals surface area contributed by atoms with Crippen LogP contribution in [0.4, 0.5) is 4.39 Å². The predicted molar refractivity (Wildman–Crippen MR) is 64.4 cm³/mol. The summed E-state index contributed by atoms with van der Waals surface area (Å²) < 4.78 is 13.4. The van der Waals surface area contributed by atoms with Gasteiger partial charge in [-0.15, -0.1) is 11.8 Å². The molecule has 0 aromatic heterocycles. The zero-order chi connectivity index (χ0) is 12.1. The van der Waals surface area contributed by atoms with Gasteiger partial charge in [-0.05, 0) is 18.6 Å². The molecule has 16 heavy (non-hydrogen) atoms. The zero-order valence-corrected chi connectivity index (χ0v) is 10.3. The van der Waals surface area contributed by atoms with Crippen LogP contribution in [-0.4, -0.2) is 16.3 Å².